The van der Waals surface area contributed by atoms with Crippen molar-refractivity contribution in [3.8, 4) is 0 Å². The van der Waals surface area contributed by atoms with Crippen LogP contribution < -0.4 is 5.48 Å². The van der Waals surface area contributed by atoms with Gasteiger partial charge in [-0.05, 0) is 33.6 Å². The number of benzene rings is 1. The summed E-state index contributed by atoms with van der Waals surface area (Å²) in [6, 6.07) is 4.82. The molecule has 0 saturated heterocycles. The molecule has 0 aliphatic heterocycles. The Bertz CT molecular complexity index is 267. The summed E-state index contributed by atoms with van der Waals surface area (Å²) in [6.45, 7) is 0.565. The van der Waals surface area contributed by atoms with E-state index in [0.717, 1.165) is 5.56 Å². The molecule has 0 aliphatic carbocycles. The number of halogens is 2. The summed E-state index contributed by atoms with van der Waals surface area (Å²) in [5.41, 5.74) is 3.63. The molecule has 0 aromatic heterocycles. The third-order valence-electron chi connectivity index (χ3n) is 1.40. The number of hydroxylamine groups is 1. The summed E-state index contributed by atoms with van der Waals surface area (Å²) in [5, 5.41) is 0. The van der Waals surface area contributed by atoms with Gasteiger partial charge in [0.25, 0.3) is 0 Å². The summed E-state index contributed by atoms with van der Waals surface area (Å²) in [7, 11) is 1.54. The van der Waals surface area contributed by atoms with Gasteiger partial charge in [-0.25, -0.2) is 4.39 Å². The molecule has 0 fully saturated rings. The maximum absolute atomic E-state index is 12.7. The third kappa shape index (κ3) is 2.55. The molecule has 1 aromatic carbocycles. The van der Waals surface area contributed by atoms with Crippen LogP contribution in [0.3, 0.4) is 0 Å². The van der Waals surface area contributed by atoms with Crippen LogP contribution in [0.15, 0.2) is 22.7 Å². The number of nitrogens with one attached hydrogen (secondary N) is 1. The first-order chi connectivity index (χ1) is 5.74. The van der Waals surface area contributed by atoms with Gasteiger partial charge >= 0.3 is 0 Å². The molecule has 0 bridgehead atoms. The van der Waals surface area contributed by atoms with Crippen molar-refractivity contribution in [2.45, 2.75) is 6.54 Å². The van der Waals surface area contributed by atoms with Gasteiger partial charge in [0.1, 0.15) is 5.82 Å². The van der Waals surface area contributed by atoms with Crippen LogP contribution >= 0.6 is 15.9 Å². The zero-order chi connectivity index (χ0) is 8.97. The quantitative estimate of drug-likeness (QED) is 0.809. The van der Waals surface area contributed by atoms with E-state index in [2.05, 4.69) is 26.2 Å². The van der Waals surface area contributed by atoms with Crippen molar-refractivity contribution in [2.75, 3.05) is 7.11 Å². The van der Waals surface area contributed by atoms with Crippen molar-refractivity contribution in [1.29, 1.82) is 0 Å². The van der Waals surface area contributed by atoms with Gasteiger partial charge in [-0.3, -0.25) is 0 Å². The van der Waals surface area contributed by atoms with Crippen LogP contribution in [0.2, 0.25) is 0 Å². The normalized spacial score (nSPS) is 10.2. The first-order valence-corrected chi connectivity index (χ1v) is 4.23. The molecule has 0 amide bonds. The summed E-state index contributed by atoms with van der Waals surface area (Å²) in [5.74, 6) is -0.254. The monoisotopic (exact) mass is 233 g/mol. The standard InChI is InChI=1S/C8H9BrFNO/c1-12-11-5-6-2-3-8(10)7(9)4-6/h2-4,11H,5H2,1H3. The van der Waals surface area contributed by atoms with E-state index in [0.29, 0.717) is 11.0 Å². The predicted molar refractivity (Wildman–Crippen MR) is 47.9 cm³/mol. The van der Waals surface area contributed by atoms with E-state index in [9.17, 15) is 4.39 Å². The lowest BCUT2D eigenvalue weighted by Gasteiger charge is -2.02. The Morgan fingerprint density at radius 1 is 1.58 bits per heavy atom. The lowest BCUT2D eigenvalue weighted by Crippen LogP contribution is -2.10. The van der Waals surface area contributed by atoms with E-state index in [1.165, 1.54) is 6.07 Å². The van der Waals surface area contributed by atoms with Gasteiger partial charge in [0.05, 0.1) is 11.6 Å². The molecule has 0 spiro atoms. The molecule has 4 heteroatoms. The topological polar surface area (TPSA) is 21.3 Å². The summed E-state index contributed by atoms with van der Waals surface area (Å²) >= 11 is 3.09. The fourth-order valence-corrected chi connectivity index (χ4v) is 1.23. The highest BCUT2D eigenvalue weighted by Gasteiger charge is 1.99. The Labute approximate surface area is 78.8 Å². The van der Waals surface area contributed by atoms with Crippen molar-refractivity contribution in [3.63, 3.8) is 0 Å². The minimum Gasteiger partial charge on any atom is -0.305 e. The van der Waals surface area contributed by atoms with Crippen molar-refractivity contribution in [2.24, 2.45) is 0 Å². The van der Waals surface area contributed by atoms with Crippen molar-refractivity contribution in [1.82, 2.24) is 5.48 Å². The van der Waals surface area contributed by atoms with Gasteiger partial charge in [0.2, 0.25) is 0 Å². The Morgan fingerprint density at radius 3 is 2.92 bits per heavy atom. The van der Waals surface area contributed by atoms with E-state index in [4.69, 9.17) is 0 Å². The SMILES string of the molecule is CONCc1ccc(F)c(Br)c1. The Balaban J connectivity index is 2.69. The van der Waals surface area contributed by atoms with Crippen molar-refractivity contribution >= 4 is 15.9 Å². The molecular formula is C8H9BrFNO. The van der Waals surface area contributed by atoms with Gasteiger partial charge < -0.3 is 4.84 Å². The molecular weight excluding hydrogens is 225 g/mol. The van der Waals surface area contributed by atoms with Gasteiger partial charge in [-0.1, -0.05) is 6.07 Å². The van der Waals surface area contributed by atoms with Crippen LogP contribution in [-0.4, -0.2) is 7.11 Å². The molecule has 0 heterocycles. The van der Waals surface area contributed by atoms with Crippen LogP contribution in [0, 0.1) is 5.82 Å². The number of hydrogen-bond donors (Lipinski definition) is 1. The van der Waals surface area contributed by atoms with E-state index in [-0.39, 0.29) is 5.82 Å². The molecule has 0 aliphatic rings. The molecule has 66 valence electrons. The molecule has 1 rings (SSSR count). The van der Waals surface area contributed by atoms with E-state index in [1.807, 2.05) is 0 Å². The largest absolute Gasteiger partial charge is 0.305 e. The van der Waals surface area contributed by atoms with Crippen LogP contribution in [-0.2, 0) is 11.4 Å². The number of rotatable bonds is 3. The Morgan fingerprint density at radius 2 is 2.33 bits per heavy atom. The highest BCUT2D eigenvalue weighted by molar-refractivity contribution is 9.10. The third-order valence-corrected chi connectivity index (χ3v) is 2.01. The van der Waals surface area contributed by atoms with Crippen LogP contribution in [0.25, 0.3) is 0 Å². The molecule has 1 aromatic rings. The lowest BCUT2D eigenvalue weighted by molar-refractivity contribution is 0.0867. The minimum absolute atomic E-state index is 0.254. The molecule has 0 unspecified atom stereocenters. The van der Waals surface area contributed by atoms with Gasteiger partial charge in [-0.15, -0.1) is 0 Å². The average molecular weight is 234 g/mol. The van der Waals surface area contributed by atoms with E-state index < -0.39 is 0 Å². The summed E-state index contributed by atoms with van der Waals surface area (Å²) in [4.78, 5) is 4.66. The molecule has 2 nitrogen and oxygen atoms in total. The second kappa shape index (κ2) is 4.54. The number of hydrogen-bond acceptors (Lipinski definition) is 2. The first-order valence-electron chi connectivity index (χ1n) is 3.44. The highest BCUT2D eigenvalue weighted by Crippen LogP contribution is 2.16. The van der Waals surface area contributed by atoms with E-state index >= 15 is 0 Å². The Hall–Kier alpha value is -0.450. The van der Waals surface area contributed by atoms with Gasteiger partial charge in [0, 0.05) is 6.54 Å². The predicted octanol–water partition coefficient (Wildman–Crippen LogP) is 2.24. The van der Waals surface area contributed by atoms with Crippen LogP contribution in [0.4, 0.5) is 4.39 Å². The van der Waals surface area contributed by atoms with Gasteiger partial charge in [-0.2, -0.15) is 5.48 Å². The Kier molecular flexibility index (Phi) is 3.65. The summed E-state index contributed by atoms with van der Waals surface area (Å²) < 4.78 is 13.2. The summed E-state index contributed by atoms with van der Waals surface area (Å²) in [6.07, 6.45) is 0. The second-order valence-electron chi connectivity index (χ2n) is 2.27. The van der Waals surface area contributed by atoms with Crippen LogP contribution in [0.1, 0.15) is 5.56 Å². The zero-order valence-electron chi connectivity index (χ0n) is 6.60. The molecule has 0 atom stereocenters. The molecule has 0 saturated carbocycles. The van der Waals surface area contributed by atoms with Crippen molar-refractivity contribution in [3.05, 3.63) is 34.1 Å². The fourth-order valence-electron chi connectivity index (χ4n) is 0.805. The second-order valence-corrected chi connectivity index (χ2v) is 3.13. The van der Waals surface area contributed by atoms with Crippen LogP contribution in [0.5, 0.6) is 0 Å². The fraction of sp³-hybridized carbons (Fsp3) is 0.250. The lowest BCUT2D eigenvalue weighted by atomic mass is 10.2. The zero-order valence-corrected chi connectivity index (χ0v) is 8.19. The molecule has 12 heavy (non-hydrogen) atoms. The first kappa shape index (κ1) is 9.64. The highest BCUT2D eigenvalue weighted by atomic mass is 79.9. The van der Waals surface area contributed by atoms with Gasteiger partial charge in [0.15, 0.2) is 0 Å². The molecule has 0 radical (unpaired) electrons. The maximum atomic E-state index is 12.7. The minimum atomic E-state index is -0.254. The smallest absolute Gasteiger partial charge is 0.137 e. The maximum Gasteiger partial charge on any atom is 0.137 e. The average Bonchev–Trinajstić information content (AvgIpc) is 2.07. The van der Waals surface area contributed by atoms with E-state index in [1.54, 1.807) is 19.2 Å². The molecule has 1 N–H and O–H groups in total. The van der Waals surface area contributed by atoms with Crippen molar-refractivity contribution < 1.29 is 9.23 Å².